The normalized spacial score (nSPS) is 30.2. The quantitative estimate of drug-likeness (QED) is 0.808. The summed E-state index contributed by atoms with van der Waals surface area (Å²) in [6, 6.07) is 0. The minimum absolute atomic E-state index is 0.115. The van der Waals surface area contributed by atoms with Gasteiger partial charge in [0.1, 0.15) is 5.00 Å². The van der Waals surface area contributed by atoms with Crippen LogP contribution >= 0.6 is 11.3 Å². The van der Waals surface area contributed by atoms with Crippen LogP contribution in [0.1, 0.15) is 66.8 Å². The number of carbonyl (C=O) groups is 2. The summed E-state index contributed by atoms with van der Waals surface area (Å²) in [5, 5.41) is 3.85. The van der Waals surface area contributed by atoms with Crippen LogP contribution in [0.2, 0.25) is 0 Å². The van der Waals surface area contributed by atoms with E-state index >= 15 is 0 Å². The Morgan fingerprint density at radius 1 is 1.24 bits per heavy atom. The SMILES string of the molecule is CCOC(=O)c1c(NC(=O)C2CC3CCC2C3)sc2c1CCC(C)C2. The van der Waals surface area contributed by atoms with Gasteiger partial charge in [-0.3, -0.25) is 4.79 Å². The lowest BCUT2D eigenvalue weighted by Gasteiger charge is -2.20. The van der Waals surface area contributed by atoms with Crippen LogP contribution in [-0.2, 0) is 22.4 Å². The number of nitrogens with one attached hydrogen (secondary N) is 1. The highest BCUT2D eigenvalue weighted by Crippen LogP contribution is 2.49. The number of carbonyl (C=O) groups excluding carboxylic acids is 2. The molecule has 0 radical (unpaired) electrons. The maximum atomic E-state index is 12.9. The van der Waals surface area contributed by atoms with Crippen molar-refractivity contribution in [2.24, 2.45) is 23.7 Å². The third-order valence-electron chi connectivity index (χ3n) is 6.30. The first-order valence-electron chi connectivity index (χ1n) is 9.69. The second-order valence-corrected chi connectivity index (χ2v) is 9.15. The van der Waals surface area contributed by atoms with Gasteiger partial charge in [-0.25, -0.2) is 4.79 Å². The Balaban J connectivity index is 1.59. The Bertz CT molecular complexity index is 695. The van der Waals surface area contributed by atoms with Crippen LogP contribution < -0.4 is 5.32 Å². The third-order valence-corrected chi connectivity index (χ3v) is 7.47. The summed E-state index contributed by atoms with van der Waals surface area (Å²) in [7, 11) is 0. The van der Waals surface area contributed by atoms with Gasteiger partial charge in [0.05, 0.1) is 12.2 Å². The fraction of sp³-hybridized carbons (Fsp3) is 0.700. The van der Waals surface area contributed by atoms with Crippen molar-refractivity contribution in [3.8, 4) is 0 Å². The average Bonchev–Trinajstić information content (AvgIpc) is 3.27. The molecule has 1 aromatic rings. The number of thiophene rings is 1. The minimum Gasteiger partial charge on any atom is -0.462 e. The molecule has 3 aliphatic carbocycles. The van der Waals surface area contributed by atoms with Gasteiger partial charge < -0.3 is 10.1 Å². The molecule has 1 amide bonds. The standard InChI is InChI=1S/C20H27NO3S/c1-3-24-20(23)17-14-7-4-11(2)8-16(14)25-19(17)21-18(22)15-10-12-5-6-13(15)9-12/h11-13,15H,3-10H2,1-2H3,(H,21,22). The van der Waals surface area contributed by atoms with Gasteiger partial charge in [-0.1, -0.05) is 13.3 Å². The van der Waals surface area contributed by atoms with Gasteiger partial charge in [0.2, 0.25) is 5.91 Å². The Hall–Kier alpha value is -1.36. The zero-order valence-corrected chi connectivity index (χ0v) is 15.9. The van der Waals surface area contributed by atoms with Crippen LogP contribution in [0, 0.1) is 23.7 Å². The van der Waals surface area contributed by atoms with Crippen molar-refractivity contribution in [2.75, 3.05) is 11.9 Å². The monoisotopic (exact) mass is 361 g/mol. The number of hydrogen-bond acceptors (Lipinski definition) is 4. The molecule has 0 spiro atoms. The molecule has 0 saturated heterocycles. The summed E-state index contributed by atoms with van der Waals surface area (Å²) in [6.45, 7) is 4.44. The van der Waals surface area contributed by atoms with Crippen LogP contribution in [0.25, 0.3) is 0 Å². The van der Waals surface area contributed by atoms with Crippen LogP contribution in [0.4, 0.5) is 5.00 Å². The highest BCUT2D eigenvalue weighted by Gasteiger charge is 2.43. The molecule has 2 saturated carbocycles. The molecule has 1 aromatic heterocycles. The molecule has 1 N–H and O–H groups in total. The zero-order chi connectivity index (χ0) is 17.6. The molecule has 3 aliphatic rings. The van der Waals surface area contributed by atoms with E-state index in [1.54, 1.807) is 11.3 Å². The molecular weight excluding hydrogens is 334 g/mol. The highest BCUT2D eigenvalue weighted by molar-refractivity contribution is 7.17. The highest BCUT2D eigenvalue weighted by atomic mass is 32.1. The van der Waals surface area contributed by atoms with Gasteiger partial charge in [0.25, 0.3) is 0 Å². The van der Waals surface area contributed by atoms with E-state index in [4.69, 9.17) is 4.74 Å². The van der Waals surface area contributed by atoms with Gasteiger partial charge in [-0.05, 0) is 68.8 Å². The van der Waals surface area contributed by atoms with Crippen LogP contribution in [0.15, 0.2) is 0 Å². The number of amides is 1. The first kappa shape index (κ1) is 17.1. The zero-order valence-electron chi connectivity index (χ0n) is 15.1. The van der Waals surface area contributed by atoms with Crippen molar-refractivity contribution in [3.05, 3.63) is 16.0 Å². The molecular formula is C20H27NO3S. The summed E-state index contributed by atoms with van der Waals surface area (Å²) < 4.78 is 5.29. The van der Waals surface area contributed by atoms with Crippen molar-refractivity contribution in [1.29, 1.82) is 0 Å². The minimum atomic E-state index is -0.280. The van der Waals surface area contributed by atoms with E-state index in [2.05, 4.69) is 12.2 Å². The number of ether oxygens (including phenoxy) is 1. The molecule has 0 aromatic carbocycles. The third kappa shape index (κ3) is 3.12. The van der Waals surface area contributed by atoms with E-state index in [1.807, 2.05) is 6.92 Å². The maximum Gasteiger partial charge on any atom is 0.341 e. The van der Waals surface area contributed by atoms with Gasteiger partial charge in [-0.2, -0.15) is 0 Å². The van der Waals surface area contributed by atoms with Crippen molar-refractivity contribution in [2.45, 2.75) is 58.8 Å². The molecule has 0 aliphatic heterocycles. The van der Waals surface area contributed by atoms with Crippen molar-refractivity contribution in [1.82, 2.24) is 0 Å². The number of anilines is 1. The first-order valence-corrected chi connectivity index (χ1v) is 10.5. The van der Waals surface area contributed by atoms with Crippen molar-refractivity contribution >= 4 is 28.2 Å². The molecule has 4 unspecified atom stereocenters. The Morgan fingerprint density at radius 2 is 2.08 bits per heavy atom. The maximum absolute atomic E-state index is 12.9. The Labute approximate surface area is 153 Å². The van der Waals surface area contributed by atoms with Crippen LogP contribution in [-0.4, -0.2) is 18.5 Å². The predicted molar refractivity (Wildman–Crippen MR) is 99.0 cm³/mol. The molecule has 4 atom stereocenters. The van der Waals surface area contributed by atoms with Gasteiger partial charge in [0, 0.05) is 10.8 Å². The second-order valence-electron chi connectivity index (χ2n) is 8.05. The number of hydrogen-bond donors (Lipinski definition) is 1. The summed E-state index contributed by atoms with van der Waals surface area (Å²) in [6.07, 6.45) is 7.70. The second kappa shape index (κ2) is 6.75. The number of fused-ring (bicyclic) bond motifs is 3. The fourth-order valence-corrected chi connectivity index (χ4v) is 6.43. The van der Waals surface area contributed by atoms with Gasteiger partial charge >= 0.3 is 5.97 Å². The summed E-state index contributed by atoms with van der Waals surface area (Å²) in [5.74, 6) is 1.89. The van der Waals surface area contributed by atoms with Gasteiger partial charge in [0.15, 0.2) is 0 Å². The van der Waals surface area contributed by atoms with Crippen molar-refractivity contribution < 1.29 is 14.3 Å². The van der Waals surface area contributed by atoms with Crippen LogP contribution in [0.3, 0.4) is 0 Å². The molecule has 2 fully saturated rings. The lowest BCUT2D eigenvalue weighted by atomic mass is 9.87. The smallest absolute Gasteiger partial charge is 0.341 e. The van der Waals surface area contributed by atoms with Gasteiger partial charge in [-0.15, -0.1) is 11.3 Å². The van der Waals surface area contributed by atoms with Crippen LogP contribution in [0.5, 0.6) is 0 Å². The van der Waals surface area contributed by atoms with E-state index < -0.39 is 0 Å². The van der Waals surface area contributed by atoms with E-state index in [0.29, 0.717) is 24.0 Å². The summed E-state index contributed by atoms with van der Waals surface area (Å²) >= 11 is 1.59. The Morgan fingerprint density at radius 3 is 2.76 bits per heavy atom. The fourth-order valence-electron chi connectivity index (χ4n) is 5.03. The predicted octanol–water partition coefficient (Wildman–Crippen LogP) is 4.42. The summed E-state index contributed by atoms with van der Waals surface area (Å²) in [4.78, 5) is 26.7. The number of rotatable bonds is 4. The lowest BCUT2D eigenvalue weighted by Crippen LogP contribution is -2.27. The van der Waals surface area contributed by atoms with E-state index in [0.717, 1.165) is 42.2 Å². The molecule has 2 bridgehead atoms. The molecule has 4 rings (SSSR count). The average molecular weight is 362 g/mol. The number of esters is 1. The lowest BCUT2D eigenvalue weighted by molar-refractivity contribution is -0.121. The van der Waals surface area contributed by atoms with E-state index in [1.165, 1.54) is 24.1 Å². The van der Waals surface area contributed by atoms with Crippen molar-refractivity contribution in [3.63, 3.8) is 0 Å². The molecule has 25 heavy (non-hydrogen) atoms. The largest absolute Gasteiger partial charge is 0.462 e. The topological polar surface area (TPSA) is 55.4 Å². The Kier molecular flexibility index (Phi) is 4.61. The van der Waals surface area contributed by atoms with E-state index in [-0.39, 0.29) is 17.8 Å². The van der Waals surface area contributed by atoms with E-state index in [9.17, 15) is 9.59 Å². The summed E-state index contributed by atoms with van der Waals surface area (Å²) in [5.41, 5.74) is 1.75. The molecule has 136 valence electrons. The molecule has 4 nitrogen and oxygen atoms in total. The first-order chi connectivity index (χ1) is 12.1. The molecule has 5 heteroatoms. The molecule has 1 heterocycles.